The average Bonchev–Trinajstić information content (AvgIpc) is 2.79. The molecule has 156 valence electrons. The van der Waals surface area contributed by atoms with Crippen molar-refractivity contribution in [1.82, 2.24) is 0 Å². The van der Waals surface area contributed by atoms with E-state index in [9.17, 15) is 0 Å². The SMILES string of the molecule is CC1O[C@H](Oc2ccccc2)C[C@@H](OCc2ccccc2)C1OCc1ccccc1. The zero-order valence-electron chi connectivity index (χ0n) is 17.2. The van der Waals surface area contributed by atoms with Crippen LogP contribution in [0.5, 0.6) is 5.75 Å². The van der Waals surface area contributed by atoms with Crippen molar-refractivity contribution in [3.05, 3.63) is 102 Å². The van der Waals surface area contributed by atoms with Gasteiger partial charge in [0.2, 0.25) is 6.29 Å². The van der Waals surface area contributed by atoms with E-state index in [2.05, 4.69) is 24.3 Å². The third-order valence-electron chi connectivity index (χ3n) is 5.22. The first-order chi connectivity index (χ1) is 14.8. The summed E-state index contributed by atoms with van der Waals surface area (Å²) < 4.78 is 24.8. The van der Waals surface area contributed by atoms with Crippen LogP contribution in [0.3, 0.4) is 0 Å². The van der Waals surface area contributed by atoms with Gasteiger partial charge < -0.3 is 18.9 Å². The summed E-state index contributed by atoms with van der Waals surface area (Å²) in [5.41, 5.74) is 2.27. The minimum atomic E-state index is -0.375. The molecule has 2 unspecified atom stereocenters. The number of hydrogen-bond donors (Lipinski definition) is 0. The number of rotatable bonds is 8. The van der Waals surface area contributed by atoms with Gasteiger partial charge in [-0.1, -0.05) is 78.9 Å². The lowest BCUT2D eigenvalue weighted by Crippen LogP contribution is -2.50. The van der Waals surface area contributed by atoms with Crippen molar-refractivity contribution >= 4 is 0 Å². The predicted molar refractivity (Wildman–Crippen MR) is 116 cm³/mol. The Labute approximate surface area is 178 Å². The van der Waals surface area contributed by atoms with Gasteiger partial charge in [0.05, 0.1) is 25.4 Å². The molecular formula is C26H28O4. The van der Waals surface area contributed by atoms with Crippen LogP contribution in [0.4, 0.5) is 0 Å². The lowest BCUT2D eigenvalue weighted by atomic mass is 10.0. The van der Waals surface area contributed by atoms with Gasteiger partial charge in [0.15, 0.2) is 0 Å². The largest absolute Gasteiger partial charge is 0.465 e. The van der Waals surface area contributed by atoms with Gasteiger partial charge in [0.25, 0.3) is 0 Å². The molecule has 4 nitrogen and oxygen atoms in total. The summed E-state index contributed by atoms with van der Waals surface area (Å²) >= 11 is 0. The van der Waals surface area contributed by atoms with Crippen molar-refractivity contribution in [2.24, 2.45) is 0 Å². The summed E-state index contributed by atoms with van der Waals surface area (Å²) in [7, 11) is 0. The van der Waals surface area contributed by atoms with Crippen molar-refractivity contribution in [1.29, 1.82) is 0 Å². The Balaban J connectivity index is 1.43. The molecule has 0 bridgehead atoms. The second kappa shape index (κ2) is 10.4. The maximum Gasteiger partial charge on any atom is 0.202 e. The van der Waals surface area contributed by atoms with Gasteiger partial charge in [-0.15, -0.1) is 0 Å². The van der Waals surface area contributed by atoms with E-state index >= 15 is 0 Å². The van der Waals surface area contributed by atoms with Crippen LogP contribution < -0.4 is 4.74 Å². The highest BCUT2D eigenvalue weighted by Crippen LogP contribution is 2.28. The smallest absolute Gasteiger partial charge is 0.202 e. The van der Waals surface area contributed by atoms with Crippen LogP contribution in [-0.2, 0) is 27.4 Å². The van der Waals surface area contributed by atoms with Crippen molar-refractivity contribution in [2.45, 2.75) is 51.2 Å². The van der Waals surface area contributed by atoms with E-state index in [4.69, 9.17) is 18.9 Å². The van der Waals surface area contributed by atoms with E-state index in [1.54, 1.807) is 0 Å². The maximum absolute atomic E-state index is 6.32. The molecule has 0 aromatic heterocycles. The molecule has 1 aliphatic heterocycles. The van der Waals surface area contributed by atoms with E-state index < -0.39 is 0 Å². The zero-order valence-corrected chi connectivity index (χ0v) is 17.2. The Morgan fingerprint density at radius 2 is 1.27 bits per heavy atom. The molecule has 0 saturated carbocycles. The quantitative estimate of drug-likeness (QED) is 0.506. The van der Waals surface area contributed by atoms with E-state index in [0.717, 1.165) is 16.9 Å². The summed E-state index contributed by atoms with van der Waals surface area (Å²) in [5, 5.41) is 0. The zero-order chi connectivity index (χ0) is 20.6. The highest BCUT2D eigenvalue weighted by Gasteiger charge is 2.39. The average molecular weight is 405 g/mol. The molecule has 3 aromatic rings. The predicted octanol–water partition coefficient (Wildman–Crippen LogP) is 5.37. The van der Waals surface area contributed by atoms with E-state index in [1.165, 1.54) is 0 Å². The summed E-state index contributed by atoms with van der Waals surface area (Å²) in [6.07, 6.45) is -0.237. The van der Waals surface area contributed by atoms with Crippen LogP contribution in [0.25, 0.3) is 0 Å². The molecule has 0 aliphatic carbocycles. The van der Waals surface area contributed by atoms with Gasteiger partial charge in [-0.2, -0.15) is 0 Å². The molecule has 30 heavy (non-hydrogen) atoms. The van der Waals surface area contributed by atoms with Crippen LogP contribution in [0.15, 0.2) is 91.0 Å². The van der Waals surface area contributed by atoms with Crippen molar-refractivity contribution in [3.63, 3.8) is 0 Å². The second-order valence-corrected chi connectivity index (χ2v) is 7.53. The topological polar surface area (TPSA) is 36.9 Å². The molecule has 0 radical (unpaired) electrons. The highest BCUT2D eigenvalue weighted by molar-refractivity contribution is 5.21. The molecule has 0 amide bonds. The molecule has 4 rings (SSSR count). The number of benzene rings is 3. The molecule has 4 atom stereocenters. The van der Waals surface area contributed by atoms with Gasteiger partial charge in [-0.3, -0.25) is 0 Å². The van der Waals surface area contributed by atoms with Gasteiger partial charge in [-0.25, -0.2) is 0 Å². The van der Waals surface area contributed by atoms with Gasteiger partial charge >= 0.3 is 0 Å². The summed E-state index contributed by atoms with van der Waals surface area (Å²) in [5.74, 6) is 0.792. The standard InChI is InChI=1S/C26H28O4/c1-20-26(28-19-22-13-7-3-8-14-22)24(27-18-21-11-5-2-6-12-21)17-25(29-20)30-23-15-9-4-10-16-23/h2-16,20,24-26H,17-19H2,1H3/t20?,24-,25-,26?/m1/s1. The minimum Gasteiger partial charge on any atom is -0.465 e. The van der Waals surface area contributed by atoms with E-state index in [0.29, 0.717) is 19.6 Å². The summed E-state index contributed by atoms with van der Waals surface area (Å²) in [6.45, 7) is 3.07. The molecule has 3 aromatic carbocycles. The Kier molecular flexibility index (Phi) is 7.14. The van der Waals surface area contributed by atoms with Crippen molar-refractivity contribution < 1.29 is 18.9 Å². The number of hydrogen-bond acceptors (Lipinski definition) is 4. The van der Waals surface area contributed by atoms with Crippen LogP contribution in [0.1, 0.15) is 24.5 Å². The lowest BCUT2D eigenvalue weighted by Gasteiger charge is -2.40. The van der Waals surface area contributed by atoms with E-state index in [1.807, 2.05) is 73.7 Å². The van der Waals surface area contributed by atoms with Crippen LogP contribution in [0, 0.1) is 0 Å². The van der Waals surface area contributed by atoms with Crippen molar-refractivity contribution in [3.8, 4) is 5.75 Å². The molecule has 1 aliphatic rings. The molecular weight excluding hydrogens is 376 g/mol. The Hall–Kier alpha value is -2.66. The fraction of sp³-hybridized carbons (Fsp3) is 0.308. The first-order valence-electron chi connectivity index (χ1n) is 10.5. The van der Waals surface area contributed by atoms with Crippen LogP contribution >= 0.6 is 0 Å². The minimum absolute atomic E-state index is 0.133. The van der Waals surface area contributed by atoms with Crippen molar-refractivity contribution in [2.75, 3.05) is 0 Å². The van der Waals surface area contributed by atoms with Gasteiger partial charge in [0, 0.05) is 6.42 Å². The molecule has 0 spiro atoms. The molecule has 0 N–H and O–H groups in total. The van der Waals surface area contributed by atoms with E-state index in [-0.39, 0.29) is 24.6 Å². The Bertz CT molecular complexity index is 869. The fourth-order valence-corrected chi connectivity index (χ4v) is 3.68. The van der Waals surface area contributed by atoms with Crippen LogP contribution in [-0.4, -0.2) is 24.6 Å². The van der Waals surface area contributed by atoms with Crippen LogP contribution in [0.2, 0.25) is 0 Å². The summed E-state index contributed by atoms with van der Waals surface area (Å²) in [4.78, 5) is 0. The Morgan fingerprint density at radius 1 is 0.733 bits per heavy atom. The number of para-hydroxylation sites is 1. The summed E-state index contributed by atoms with van der Waals surface area (Å²) in [6, 6.07) is 30.1. The molecule has 1 saturated heterocycles. The number of ether oxygens (including phenoxy) is 4. The second-order valence-electron chi connectivity index (χ2n) is 7.53. The van der Waals surface area contributed by atoms with Gasteiger partial charge in [-0.05, 0) is 30.2 Å². The monoisotopic (exact) mass is 404 g/mol. The third kappa shape index (κ3) is 5.70. The molecule has 1 heterocycles. The highest BCUT2D eigenvalue weighted by atomic mass is 16.7. The third-order valence-corrected chi connectivity index (χ3v) is 5.22. The molecule has 1 fully saturated rings. The Morgan fingerprint density at radius 3 is 1.87 bits per heavy atom. The fourth-order valence-electron chi connectivity index (χ4n) is 3.68. The molecule has 4 heteroatoms. The normalized spacial score (nSPS) is 23.8. The lowest BCUT2D eigenvalue weighted by molar-refractivity contribution is -0.243. The van der Waals surface area contributed by atoms with Gasteiger partial charge in [0.1, 0.15) is 11.9 Å². The maximum atomic E-state index is 6.32. The first kappa shape index (κ1) is 20.6. The first-order valence-corrected chi connectivity index (χ1v) is 10.5.